The normalized spacial score (nSPS) is 12.0. The first-order valence-corrected chi connectivity index (χ1v) is 10.5. The zero-order valence-corrected chi connectivity index (χ0v) is 18.5. The van der Waals surface area contributed by atoms with Crippen LogP contribution in [0.25, 0.3) is 10.9 Å². The van der Waals surface area contributed by atoms with Gasteiger partial charge < -0.3 is 19.8 Å². The predicted octanol–water partition coefficient (Wildman–Crippen LogP) is 4.30. The predicted molar refractivity (Wildman–Crippen MR) is 121 cm³/mol. The summed E-state index contributed by atoms with van der Waals surface area (Å²) in [7, 11) is 1.34. The number of nitrogens with one attached hydrogen (secondary N) is 2. The molecule has 0 saturated carbocycles. The van der Waals surface area contributed by atoms with Crippen LogP contribution in [0.3, 0.4) is 0 Å². The van der Waals surface area contributed by atoms with Crippen molar-refractivity contribution >= 4 is 22.8 Å². The van der Waals surface area contributed by atoms with Gasteiger partial charge in [-0.3, -0.25) is 4.79 Å². The van der Waals surface area contributed by atoms with E-state index in [2.05, 4.69) is 10.3 Å². The lowest BCUT2D eigenvalue weighted by atomic mass is 10.0. The molecule has 6 nitrogen and oxygen atoms in total. The fourth-order valence-corrected chi connectivity index (χ4v) is 3.65. The first-order valence-electron chi connectivity index (χ1n) is 10.5. The quantitative estimate of drug-likeness (QED) is 0.504. The second-order valence-electron chi connectivity index (χ2n) is 8.16. The third kappa shape index (κ3) is 5.87. The van der Waals surface area contributed by atoms with E-state index in [1.807, 2.05) is 69.3 Å². The maximum Gasteiger partial charge on any atom is 0.328 e. The van der Waals surface area contributed by atoms with Crippen molar-refractivity contribution in [1.82, 2.24) is 10.3 Å². The van der Waals surface area contributed by atoms with Gasteiger partial charge in [-0.05, 0) is 48.6 Å². The highest BCUT2D eigenvalue weighted by molar-refractivity contribution is 5.92. The Hall–Kier alpha value is -3.28. The Morgan fingerprint density at radius 1 is 1.10 bits per heavy atom. The number of fused-ring (bicyclic) bond motifs is 1. The summed E-state index contributed by atoms with van der Waals surface area (Å²) in [6, 6.07) is 15.2. The van der Waals surface area contributed by atoms with Crippen molar-refractivity contribution in [1.29, 1.82) is 0 Å². The lowest BCUT2D eigenvalue weighted by Crippen LogP contribution is -2.43. The van der Waals surface area contributed by atoms with Gasteiger partial charge in [-0.25, -0.2) is 4.79 Å². The summed E-state index contributed by atoms with van der Waals surface area (Å²) < 4.78 is 10.8. The number of aromatic nitrogens is 1. The first kappa shape index (κ1) is 22.4. The van der Waals surface area contributed by atoms with E-state index in [0.29, 0.717) is 13.0 Å². The standard InChI is InChI=1S/C25H30N2O4/c1-16(2)12-23(25(29)30-4)27-24(28)14-20-17(3)26-22-11-10-19(13-21(20)22)31-15-18-8-6-5-7-9-18/h5-11,13,16,23,26H,12,14-15H2,1-4H3,(H,27,28)/t23-/m0/s1. The number of hydrogen-bond acceptors (Lipinski definition) is 4. The highest BCUT2D eigenvalue weighted by Gasteiger charge is 2.23. The van der Waals surface area contributed by atoms with Gasteiger partial charge in [-0.2, -0.15) is 0 Å². The molecule has 1 aromatic heterocycles. The third-order valence-corrected chi connectivity index (χ3v) is 5.20. The molecule has 0 radical (unpaired) electrons. The lowest BCUT2D eigenvalue weighted by Gasteiger charge is -2.18. The van der Waals surface area contributed by atoms with E-state index in [9.17, 15) is 9.59 Å². The van der Waals surface area contributed by atoms with Gasteiger partial charge in [0, 0.05) is 16.6 Å². The smallest absolute Gasteiger partial charge is 0.328 e. The largest absolute Gasteiger partial charge is 0.489 e. The summed E-state index contributed by atoms with van der Waals surface area (Å²) in [4.78, 5) is 28.1. The molecule has 0 bridgehead atoms. The van der Waals surface area contributed by atoms with Gasteiger partial charge in [0.1, 0.15) is 18.4 Å². The molecule has 2 N–H and O–H groups in total. The maximum atomic E-state index is 12.8. The van der Waals surface area contributed by atoms with E-state index in [1.165, 1.54) is 7.11 Å². The zero-order valence-electron chi connectivity index (χ0n) is 18.5. The monoisotopic (exact) mass is 422 g/mol. The first-order chi connectivity index (χ1) is 14.9. The van der Waals surface area contributed by atoms with Crippen molar-refractivity contribution in [2.24, 2.45) is 5.92 Å². The number of aryl methyl sites for hydroxylation is 1. The van der Waals surface area contributed by atoms with Crippen LogP contribution >= 0.6 is 0 Å². The molecule has 31 heavy (non-hydrogen) atoms. The maximum absolute atomic E-state index is 12.8. The molecule has 0 spiro atoms. The van der Waals surface area contributed by atoms with Crippen molar-refractivity contribution < 1.29 is 19.1 Å². The zero-order chi connectivity index (χ0) is 22.4. The summed E-state index contributed by atoms with van der Waals surface area (Å²) in [5.41, 5.74) is 3.85. The minimum atomic E-state index is -0.646. The number of carbonyl (C=O) groups is 2. The SMILES string of the molecule is COC(=O)[C@H](CC(C)C)NC(=O)Cc1c(C)[nH]c2ccc(OCc3ccccc3)cc12. The Kier molecular flexibility index (Phi) is 7.34. The van der Waals surface area contributed by atoms with Gasteiger partial charge in [-0.15, -0.1) is 0 Å². The van der Waals surface area contributed by atoms with Crippen molar-refractivity contribution in [3.63, 3.8) is 0 Å². The van der Waals surface area contributed by atoms with Crippen LogP contribution in [0.1, 0.15) is 37.1 Å². The van der Waals surface area contributed by atoms with Gasteiger partial charge in [0.05, 0.1) is 13.5 Å². The molecule has 0 saturated heterocycles. The molecule has 1 atom stereocenters. The summed E-state index contributed by atoms with van der Waals surface area (Å²) in [6.45, 7) is 6.42. The van der Waals surface area contributed by atoms with Crippen LogP contribution in [-0.4, -0.2) is 30.0 Å². The minimum Gasteiger partial charge on any atom is -0.489 e. The minimum absolute atomic E-state index is 0.166. The Morgan fingerprint density at radius 3 is 2.52 bits per heavy atom. The number of benzene rings is 2. The second kappa shape index (κ2) is 10.2. The summed E-state index contributed by atoms with van der Waals surface area (Å²) in [6.07, 6.45) is 0.697. The summed E-state index contributed by atoms with van der Waals surface area (Å²) in [5.74, 6) is 0.359. The van der Waals surface area contributed by atoms with Crippen LogP contribution in [0.5, 0.6) is 5.75 Å². The van der Waals surface area contributed by atoms with Crippen molar-refractivity contribution in [2.45, 2.75) is 46.3 Å². The van der Waals surface area contributed by atoms with E-state index in [4.69, 9.17) is 9.47 Å². The molecule has 164 valence electrons. The number of ether oxygens (including phenoxy) is 2. The Bertz CT molecular complexity index is 1040. The molecule has 0 aliphatic carbocycles. The second-order valence-corrected chi connectivity index (χ2v) is 8.16. The number of aromatic amines is 1. The number of hydrogen-bond donors (Lipinski definition) is 2. The molecule has 1 heterocycles. The van der Waals surface area contributed by atoms with Crippen LogP contribution < -0.4 is 10.1 Å². The number of rotatable bonds is 9. The van der Waals surface area contributed by atoms with Gasteiger partial charge in [0.15, 0.2) is 0 Å². The molecular weight excluding hydrogens is 392 g/mol. The van der Waals surface area contributed by atoms with E-state index in [0.717, 1.165) is 33.5 Å². The van der Waals surface area contributed by atoms with E-state index < -0.39 is 12.0 Å². The fourth-order valence-electron chi connectivity index (χ4n) is 3.65. The average Bonchev–Trinajstić information content (AvgIpc) is 3.06. The number of amides is 1. The fraction of sp³-hybridized carbons (Fsp3) is 0.360. The van der Waals surface area contributed by atoms with Crippen LogP contribution in [-0.2, 0) is 27.4 Å². The molecule has 2 aromatic carbocycles. The molecule has 3 rings (SSSR count). The molecular formula is C25H30N2O4. The highest BCUT2D eigenvalue weighted by Crippen LogP contribution is 2.27. The summed E-state index contributed by atoms with van der Waals surface area (Å²) in [5, 5.41) is 3.77. The van der Waals surface area contributed by atoms with Crippen LogP contribution in [0.2, 0.25) is 0 Å². The topological polar surface area (TPSA) is 80.4 Å². The Labute approximate surface area is 182 Å². The van der Waals surface area contributed by atoms with E-state index >= 15 is 0 Å². The number of carbonyl (C=O) groups excluding carboxylic acids is 2. The van der Waals surface area contributed by atoms with Crippen molar-refractivity contribution in [3.05, 3.63) is 65.4 Å². The van der Waals surface area contributed by atoms with Crippen molar-refractivity contribution in [3.8, 4) is 5.75 Å². The molecule has 0 aliphatic heterocycles. The molecule has 0 aliphatic rings. The molecule has 3 aromatic rings. The van der Waals surface area contributed by atoms with E-state index in [1.54, 1.807) is 0 Å². The number of esters is 1. The average molecular weight is 423 g/mol. The Balaban J connectivity index is 1.75. The number of methoxy groups -OCH3 is 1. The molecule has 1 amide bonds. The van der Waals surface area contributed by atoms with Gasteiger partial charge >= 0.3 is 5.97 Å². The third-order valence-electron chi connectivity index (χ3n) is 5.20. The van der Waals surface area contributed by atoms with Crippen molar-refractivity contribution in [2.75, 3.05) is 7.11 Å². The molecule has 6 heteroatoms. The highest BCUT2D eigenvalue weighted by atomic mass is 16.5. The lowest BCUT2D eigenvalue weighted by molar-refractivity contribution is -0.145. The van der Waals surface area contributed by atoms with Crippen LogP contribution in [0.4, 0.5) is 0 Å². The van der Waals surface area contributed by atoms with Crippen LogP contribution in [0, 0.1) is 12.8 Å². The van der Waals surface area contributed by atoms with Gasteiger partial charge in [0.2, 0.25) is 5.91 Å². The molecule has 0 fully saturated rings. The van der Waals surface area contributed by atoms with Gasteiger partial charge in [-0.1, -0.05) is 44.2 Å². The summed E-state index contributed by atoms with van der Waals surface area (Å²) >= 11 is 0. The van der Waals surface area contributed by atoms with Crippen LogP contribution in [0.15, 0.2) is 48.5 Å². The Morgan fingerprint density at radius 2 is 1.84 bits per heavy atom. The number of H-pyrrole nitrogens is 1. The van der Waals surface area contributed by atoms with E-state index in [-0.39, 0.29) is 18.2 Å². The van der Waals surface area contributed by atoms with Gasteiger partial charge in [0.25, 0.3) is 0 Å². The molecule has 0 unspecified atom stereocenters.